The molecule has 2 saturated carbocycles. The van der Waals surface area contributed by atoms with Gasteiger partial charge < -0.3 is 5.32 Å². The first-order valence-electron chi connectivity index (χ1n) is 8.08. The van der Waals surface area contributed by atoms with Crippen LogP contribution in [-0.4, -0.2) is 23.4 Å². The fourth-order valence-electron chi connectivity index (χ4n) is 4.90. The van der Waals surface area contributed by atoms with Crippen LogP contribution in [0.4, 0.5) is 5.69 Å². The van der Waals surface area contributed by atoms with Crippen LogP contribution < -0.4 is 5.32 Å². The minimum Gasteiger partial charge on any atom is -0.367 e. The van der Waals surface area contributed by atoms with Gasteiger partial charge in [-0.25, -0.2) is 0 Å². The molecule has 1 heterocycles. The zero-order valence-electron chi connectivity index (χ0n) is 12.2. The summed E-state index contributed by atoms with van der Waals surface area (Å²) in [6.45, 7) is 0.281. The van der Waals surface area contributed by atoms with Crippen molar-refractivity contribution in [3.05, 3.63) is 42.5 Å². The number of para-hydroxylation sites is 1. The molecule has 0 spiro atoms. The van der Waals surface area contributed by atoms with Crippen molar-refractivity contribution in [2.24, 2.45) is 35.5 Å². The summed E-state index contributed by atoms with van der Waals surface area (Å²) in [5, 5.41) is 3.19. The van der Waals surface area contributed by atoms with Crippen LogP contribution >= 0.6 is 0 Å². The number of allylic oxidation sites excluding steroid dienone is 2. The van der Waals surface area contributed by atoms with Gasteiger partial charge in [0.2, 0.25) is 11.8 Å². The second-order valence-electron chi connectivity index (χ2n) is 6.96. The van der Waals surface area contributed by atoms with Gasteiger partial charge in [0, 0.05) is 5.69 Å². The number of benzene rings is 1. The molecule has 0 unspecified atom stereocenters. The zero-order chi connectivity index (χ0) is 14.8. The maximum atomic E-state index is 12.8. The summed E-state index contributed by atoms with van der Waals surface area (Å²) in [4.78, 5) is 27.0. The Hall–Kier alpha value is -2.10. The molecule has 1 aliphatic heterocycles. The van der Waals surface area contributed by atoms with Crippen molar-refractivity contribution in [1.82, 2.24) is 4.90 Å². The van der Waals surface area contributed by atoms with Crippen LogP contribution in [0.2, 0.25) is 0 Å². The minimum absolute atomic E-state index is 0.0307. The maximum absolute atomic E-state index is 12.8. The third-order valence-electron chi connectivity index (χ3n) is 5.97. The fraction of sp³-hybridized carbons (Fsp3) is 0.444. The fourth-order valence-corrected chi connectivity index (χ4v) is 4.90. The first kappa shape index (κ1) is 12.4. The van der Waals surface area contributed by atoms with E-state index in [1.165, 1.54) is 11.3 Å². The molecule has 1 N–H and O–H groups in total. The van der Waals surface area contributed by atoms with Crippen LogP contribution in [0.25, 0.3) is 0 Å². The Balaban J connectivity index is 1.38. The SMILES string of the molecule is O=C1[C@@H]2[C@@H]3C=C[C@H]([C@@H]4C[C@H]34)[C@H]2C(=O)N1CNc1ccccc1. The Bertz CT molecular complexity index is 648. The van der Waals surface area contributed by atoms with Crippen molar-refractivity contribution in [3.8, 4) is 0 Å². The van der Waals surface area contributed by atoms with E-state index in [1.807, 2.05) is 30.3 Å². The number of rotatable bonds is 3. The maximum Gasteiger partial charge on any atom is 0.235 e. The number of hydrogen-bond donors (Lipinski definition) is 1. The number of likely N-dealkylation sites (tertiary alicyclic amines) is 1. The Morgan fingerprint density at radius 3 is 2.14 bits per heavy atom. The lowest BCUT2D eigenvalue weighted by atomic mass is 9.63. The van der Waals surface area contributed by atoms with E-state index in [-0.39, 0.29) is 30.3 Å². The number of nitrogens with zero attached hydrogens (tertiary/aromatic N) is 1. The monoisotopic (exact) mass is 294 g/mol. The smallest absolute Gasteiger partial charge is 0.235 e. The van der Waals surface area contributed by atoms with Crippen LogP contribution in [0.1, 0.15) is 6.42 Å². The van der Waals surface area contributed by atoms with E-state index in [2.05, 4.69) is 17.5 Å². The predicted octanol–water partition coefficient (Wildman–Crippen LogP) is 2.11. The van der Waals surface area contributed by atoms with Crippen molar-refractivity contribution >= 4 is 17.5 Å². The van der Waals surface area contributed by atoms with Gasteiger partial charge in [0.1, 0.15) is 0 Å². The number of anilines is 1. The van der Waals surface area contributed by atoms with Crippen LogP contribution in [0.15, 0.2) is 42.5 Å². The number of carbonyl (C=O) groups is 2. The van der Waals surface area contributed by atoms with Crippen LogP contribution in [0.3, 0.4) is 0 Å². The molecule has 1 aromatic rings. The summed E-state index contributed by atoms with van der Waals surface area (Å²) in [5.41, 5.74) is 0.932. The molecule has 112 valence electrons. The molecule has 3 fully saturated rings. The average Bonchev–Trinajstić information content (AvgIpc) is 3.33. The molecule has 1 aromatic carbocycles. The minimum atomic E-state index is -0.0937. The quantitative estimate of drug-likeness (QED) is 0.686. The molecule has 6 atom stereocenters. The van der Waals surface area contributed by atoms with Gasteiger partial charge in [-0.1, -0.05) is 30.4 Å². The third-order valence-corrected chi connectivity index (χ3v) is 5.97. The van der Waals surface area contributed by atoms with Crippen LogP contribution in [-0.2, 0) is 9.59 Å². The molecule has 1 saturated heterocycles. The van der Waals surface area contributed by atoms with Crippen molar-refractivity contribution < 1.29 is 9.59 Å². The van der Waals surface area contributed by atoms with E-state index in [0.29, 0.717) is 23.7 Å². The molecule has 2 bridgehead atoms. The standard InChI is InChI=1S/C18H18N2O2/c21-17-15-11-6-7-12(14-8-13(11)14)16(15)18(22)20(17)9-19-10-4-2-1-3-5-10/h1-7,11-16,19H,8-9H2/t11-,12-,13-,14+,15-,16-/m1/s1. The van der Waals surface area contributed by atoms with Crippen molar-refractivity contribution in [1.29, 1.82) is 0 Å². The molecule has 6 rings (SSSR count). The van der Waals surface area contributed by atoms with E-state index in [1.54, 1.807) is 0 Å². The first-order valence-corrected chi connectivity index (χ1v) is 8.08. The molecule has 0 aromatic heterocycles. The Morgan fingerprint density at radius 2 is 1.55 bits per heavy atom. The predicted molar refractivity (Wildman–Crippen MR) is 81.5 cm³/mol. The number of amides is 2. The number of nitrogens with one attached hydrogen (secondary N) is 1. The third kappa shape index (κ3) is 1.52. The lowest BCUT2D eigenvalue weighted by molar-refractivity contribution is -0.139. The van der Waals surface area contributed by atoms with Crippen molar-refractivity contribution in [3.63, 3.8) is 0 Å². The van der Waals surface area contributed by atoms with Gasteiger partial charge in [-0.3, -0.25) is 14.5 Å². The van der Waals surface area contributed by atoms with Gasteiger partial charge in [-0.2, -0.15) is 0 Å². The summed E-state index contributed by atoms with van der Waals surface area (Å²) >= 11 is 0. The topological polar surface area (TPSA) is 49.4 Å². The van der Waals surface area contributed by atoms with Gasteiger partial charge in [-0.05, 0) is 42.2 Å². The highest BCUT2D eigenvalue weighted by atomic mass is 16.2. The Kier molecular flexibility index (Phi) is 2.38. The largest absolute Gasteiger partial charge is 0.367 e. The molecular formula is C18H18N2O2. The van der Waals surface area contributed by atoms with Gasteiger partial charge >= 0.3 is 0 Å². The normalized spacial score (nSPS) is 40.6. The molecule has 4 nitrogen and oxygen atoms in total. The molecule has 4 heteroatoms. The highest BCUT2D eigenvalue weighted by molar-refractivity contribution is 6.06. The second kappa shape index (κ2) is 4.22. The number of hydrogen-bond acceptors (Lipinski definition) is 3. The van der Waals surface area contributed by atoms with Gasteiger partial charge in [0.25, 0.3) is 0 Å². The van der Waals surface area contributed by atoms with Gasteiger partial charge in [0.05, 0.1) is 18.5 Å². The average molecular weight is 294 g/mol. The van der Waals surface area contributed by atoms with E-state index in [0.717, 1.165) is 5.69 Å². The van der Waals surface area contributed by atoms with Crippen LogP contribution in [0.5, 0.6) is 0 Å². The summed E-state index contributed by atoms with van der Waals surface area (Å²) in [5.74, 6) is 1.81. The lowest BCUT2D eigenvalue weighted by Crippen LogP contribution is -2.40. The molecular weight excluding hydrogens is 276 g/mol. The molecule has 22 heavy (non-hydrogen) atoms. The molecule has 0 radical (unpaired) electrons. The summed E-state index contributed by atoms with van der Waals surface area (Å²) in [6, 6.07) is 9.71. The van der Waals surface area contributed by atoms with E-state index >= 15 is 0 Å². The van der Waals surface area contributed by atoms with Crippen molar-refractivity contribution in [2.75, 3.05) is 12.0 Å². The summed E-state index contributed by atoms with van der Waals surface area (Å²) in [7, 11) is 0. The highest BCUT2D eigenvalue weighted by Crippen LogP contribution is 2.65. The van der Waals surface area contributed by atoms with Crippen molar-refractivity contribution in [2.45, 2.75) is 6.42 Å². The second-order valence-corrected chi connectivity index (χ2v) is 6.96. The molecule has 5 aliphatic rings. The zero-order valence-corrected chi connectivity index (χ0v) is 12.2. The Morgan fingerprint density at radius 1 is 0.955 bits per heavy atom. The van der Waals surface area contributed by atoms with Gasteiger partial charge in [-0.15, -0.1) is 0 Å². The van der Waals surface area contributed by atoms with Crippen LogP contribution in [0, 0.1) is 35.5 Å². The Labute approximate surface area is 129 Å². The lowest BCUT2D eigenvalue weighted by Gasteiger charge is -2.37. The number of imide groups is 1. The molecule has 4 aliphatic carbocycles. The van der Waals surface area contributed by atoms with E-state index in [9.17, 15) is 9.59 Å². The van der Waals surface area contributed by atoms with E-state index in [4.69, 9.17) is 0 Å². The summed E-state index contributed by atoms with van der Waals surface area (Å²) in [6.07, 6.45) is 5.62. The molecule has 2 amide bonds. The summed E-state index contributed by atoms with van der Waals surface area (Å²) < 4.78 is 0. The van der Waals surface area contributed by atoms with Gasteiger partial charge in [0.15, 0.2) is 0 Å². The van der Waals surface area contributed by atoms with E-state index < -0.39 is 0 Å². The number of carbonyl (C=O) groups excluding carboxylic acids is 2. The highest BCUT2D eigenvalue weighted by Gasteiger charge is 2.66. The first-order chi connectivity index (χ1) is 10.8.